The lowest BCUT2D eigenvalue weighted by atomic mass is 10.2. The van der Waals surface area contributed by atoms with Crippen LogP contribution in [0.1, 0.15) is 31.9 Å². The molecule has 0 aromatic carbocycles. The van der Waals surface area contributed by atoms with E-state index < -0.39 is 0 Å². The highest BCUT2D eigenvalue weighted by atomic mass is 32.1. The van der Waals surface area contributed by atoms with E-state index >= 15 is 0 Å². The summed E-state index contributed by atoms with van der Waals surface area (Å²) < 4.78 is 5.11. The zero-order valence-electron chi connectivity index (χ0n) is 11.9. The van der Waals surface area contributed by atoms with Crippen LogP contribution in [0.4, 0.5) is 11.9 Å². The number of methoxy groups -OCH3 is 1. The predicted octanol–water partition coefficient (Wildman–Crippen LogP) is 2.94. The van der Waals surface area contributed by atoms with Crippen molar-refractivity contribution in [2.24, 2.45) is 0 Å². The number of rotatable bonds is 7. The quantitative estimate of drug-likeness (QED) is 0.818. The molecule has 108 valence electrons. The monoisotopic (exact) mass is 293 g/mol. The number of anilines is 2. The minimum Gasteiger partial charge on any atom is -0.467 e. The van der Waals surface area contributed by atoms with Gasteiger partial charge < -0.3 is 15.4 Å². The number of hydrogen-bond acceptors (Lipinski definition) is 7. The minimum atomic E-state index is 0.132. The molecule has 0 saturated carbocycles. The van der Waals surface area contributed by atoms with Gasteiger partial charge in [-0.2, -0.15) is 26.3 Å². The fourth-order valence-electron chi connectivity index (χ4n) is 1.63. The zero-order chi connectivity index (χ0) is 14.4. The van der Waals surface area contributed by atoms with Crippen molar-refractivity contribution < 1.29 is 4.74 Å². The smallest absolute Gasteiger partial charge is 0.322 e. The maximum Gasteiger partial charge on any atom is 0.322 e. The molecule has 1 unspecified atom stereocenters. The van der Waals surface area contributed by atoms with Crippen molar-refractivity contribution in [3.63, 3.8) is 0 Å². The van der Waals surface area contributed by atoms with Gasteiger partial charge in [0.15, 0.2) is 0 Å². The highest BCUT2D eigenvalue weighted by Gasteiger charge is 2.11. The summed E-state index contributed by atoms with van der Waals surface area (Å²) in [5.74, 6) is 1.04. The lowest BCUT2D eigenvalue weighted by Crippen LogP contribution is -2.12. The van der Waals surface area contributed by atoms with Gasteiger partial charge in [0.05, 0.1) is 13.2 Å². The molecule has 7 heteroatoms. The molecule has 2 N–H and O–H groups in total. The van der Waals surface area contributed by atoms with Gasteiger partial charge in [0.2, 0.25) is 11.9 Å². The molecule has 2 heterocycles. The molecule has 0 radical (unpaired) electrons. The fourth-order valence-corrected chi connectivity index (χ4v) is 2.38. The van der Waals surface area contributed by atoms with Crippen LogP contribution in [0.25, 0.3) is 0 Å². The van der Waals surface area contributed by atoms with Crippen LogP contribution in [0.2, 0.25) is 0 Å². The van der Waals surface area contributed by atoms with Crippen LogP contribution in [-0.4, -0.2) is 28.6 Å². The maximum absolute atomic E-state index is 5.11. The first-order valence-corrected chi connectivity index (χ1v) is 7.49. The van der Waals surface area contributed by atoms with Gasteiger partial charge >= 0.3 is 6.01 Å². The molecule has 2 rings (SSSR count). The van der Waals surface area contributed by atoms with E-state index in [1.807, 2.05) is 0 Å². The average molecular weight is 293 g/mol. The molecule has 20 heavy (non-hydrogen) atoms. The largest absolute Gasteiger partial charge is 0.467 e. The first kappa shape index (κ1) is 14.5. The molecule has 1 atom stereocenters. The third-order valence-corrected chi connectivity index (χ3v) is 3.42. The Morgan fingerprint density at radius 2 is 2.10 bits per heavy atom. The van der Waals surface area contributed by atoms with Gasteiger partial charge in [0, 0.05) is 6.54 Å². The van der Waals surface area contributed by atoms with Crippen molar-refractivity contribution in [3.8, 4) is 6.01 Å². The van der Waals surface area contributed by atoms with Gasteiger partial charge in [-0.25, -0.2) is 0 Å². The van der Waals surface area contributed by atoms with E-state index in [4.69, 9.17) is 4.74 Å². The molecule has 0 aliphatic heterocycles. The van der Waals surface area contributed by atoms with Gasteiger partial charge in [-0.3, -0.25) is 0 Å². The Balaban J connectivity index is 2.13. The predicted molar refractivity (Wildman–Crippen MR) is 81.5 cm³/mol. The third-order valence-electron chi connectivity index (χ3n) is 2.72. The van der Waals surface area contributed by atoms with Crippen molar-refractivity contribution >= 4 is 23.2 Å². The van der Waals surface area contributed by atoms with E-state index in [0.29, 0.717) is 17.9 Å². The second kappa shape index (κ2) is 7.04. The topological polar surface area (TPSA) is 72.0 Å². The number of ether oxygens (including phenoxy) is 1. The van der Waals surface area contributed by atoms with Crippen LogP contribution >= 0.6 is 11.3 Å². The van der Waals surface area contributed by atoms with Crippen LogP contribution < -0.4 is 15.4 Å². The first-order chi connectivity index (χ1) is 9.72. The van der Waals surface area contributed by atoms with Crippen molar-refractivity contribution in [3.05, 3.63) is 22.4 Å². The Hall–Kier alpha value is -1.89. The summed E-state index contributed by atoms with van der Waals surface area (Å²) >= 11 is 1.67. The highest BCUT2D eigenvalue weighted by Crippen LogP contribution is 2.20. The van der Waals surface area contributed by atoms with Crippen molar-refractivity contribution in [2.75, 3.05) is 24.3 Å². The summed E-state index contributed by atoms with van der Waals surface area (Å²) in [4.78, 5) is 12.7. The average Bonchev–Trinajstić information content (AvgIpc) is 2.99. The van der Waals surface area contributed by atoms with E-state index in [1.165, 1.54) is 5.56 Å². The summed E-state index contributed by atoms with van der Waals surface area (Å²) in [5.41, 5.74) is 1.21. The standard InChI is InChI=1S/C13H19N5OS/c1-4-6-14-11-16-12(18-13(17-11)19-3)15-9(2)10-5-7-20-8-10/h5,7-9H,4,6H2,1-3H3,(H2,14,15,16,17,18). The molecule has 0 aliphatic rings. The second-order valence-electron chi connectivity index (χ2n) is 4.32. The lowest BCUT2D eigenvalue weighted by molar-refractivity contribution is 0.379. The van der Waals surface area contributed by atoms with Crippen LogP contribution in [0.15, 0.2) is 16.8 Å². The molecule has 0 bridgehead atoms. The van der Waals surface area contributed by atoms with Gasteiger partial charge in [-0.1, -0.05) is 6.92 Å². The van der Waals surface area contributed by atoms with Crippen LogP contribution in [0.5, 0.6) is 6.01 Å². The summed E-state index contributed by atoms with van der Waals surface area (Å²) in [7, 11) is 1.55. The number of nitrogens with one attached hydrogen (secondary N) is 2. The number of nitrogens with zero attached hydrogens (tertiary/aromatic N) is 3. The van der Waals surface area contributed by atoms with E-state index in [-0.39, 0.29) is 6.04 Å². The molecular weight excluding hydrogens is 274 g/mol. The Kier molecular flexibility index (Phi) is 5.11. The minimum absolute atomic E-state index is 0.132. The Bertz CT molecular complexity index is 532. The molecular formula is C13H19N5OS. The molecule has 0 aliphatic carbocycles. The van der Waals surface area contributed by atoms with Gasteiger partial charge in [-0.15, -0.1) is 0 Å². The summed E-state index contributed by atoms with van der Waals surface area (Å²) in [6, 6.07) is 2.52. The normalized spacial score (nSPS) is 11.9. The molecule has 0 saturated heterocycles. The molecule has 0 fully saturated rings. The first-order valence-electron chi connectivity index (χ1n) is 6.55. The van der Waals surface area contributed by atoms with Gasteiger partial charge in [0.25, 0.3) is 0 Å². The highest BCUT2D eigenvalue weighted by molar-refractivity contribution is 7.07. The Labute approximate surface area is 122 Å². The fraction of sp³-hybridized carbons (Fsp3) is 0.462. The third kappa shape index (κ3) is 3.80. The second-order valence-corrected chi connectivity index (χ2v) is 5.10. The van der Waals surface area contributed by atoms with Crippen molar-refractivity contribution in [2.45, 2.75) is 26.3 Å². The van der Waals surface area contributed by atoms with Crippen LogP contribution in [-0.2, 0) is 0 Å². The van der Waals surface area contributed by atoms with E-state index in [2.05, 4.69) is 56.3 Å². The Morgan fingerprint density at radius 3 is 2.75 bits per heavy atom. The van der Waals surface area contributed by atoms with Crippen molar-refractivity contribution in [1.82, 2.24) is 15.0 Å². The Morgan fingerprint density at radius 1 is 1.30 bits per heavy atom. The van der Waals surface area contributed by atoms with Crippen molar-refractivity contribution in [1.29, 1.82) is 0 Å². The van der Waals surface area contributed by atoms with Crippen LogP contribution in [0.3, 0.4) is 0 Å². The number of thiophene rings is 1. The van der Waals surface area contributed by atoms with E-state index in [1.54, 1.807) is 18.4 Å². The van der Waals surface area contributed by atoms with E-state index in [0.717, 1.165) is 13.0 Å². The van der Waals surface area contributed by atoms with E-state index in [9.17, 15) is 0 Å². The summed E-state index contributed by atoms with van der Waals surface area (Å²) in [5, 5.41) is 10.6. The summed E-state index contributed by atoms with van der Waals surface area (Å²) in [6.45, 7) is 4.97. The lowest BCUT2D eigenvalue weighted by Gasteiger charge is -2.13. The molecule has 2 aromatic heterocycles. The molecule has 0 amide bonds. The molecule has 2 aromatic rings. The molecule has 0 spiro atoms. The SMILES string of the molecule is CCCNc1nc(NC(C)c2ccsc2)nc(OC)n1. The van der Waals surface area contributed by atoms with Gasteiger partial charge in [-0.05, 0) is 35.7 Å². The maximum atomic E-state index is 5.11. The van der Waals surface area contributed by atoms with Crippen LogP contribution in [0, 0.1) is 0 Å². The number of hydrogen-bond donors (Lipinski definition) is 2. The summed E-state index contributed by atoms with van der Waals surface area (Å²) in [6.07, 6.45) is 1.00. The zero-order valence-corrected chi connectivity index (χ0v) is 12.7. The number of aromatic nitrogens is 3. The molecule has 6 nitrogen and oxygen atoms in total. The van der Waals surface area contributed by atoms with Gasteiger partial charge in [0.1, 0.15) is 0 Å².